The van der Waals surface area contributed by atoms with Crippen LogP contribution in [0.15, 0.2) is 36.5 Å². The molecule has 0 aliphatic carbocycles. The first-order valence-electron chi connectivity index (χ1n) is 7.28. The Kier molecular flexibility index (Phi) is 5.32. The molecule has 0 saturated carbocycles. The number of aromatic nitrogens is 1. The Morgan fingerprint density at radius 3 is 2.40 bits per heavy atom. The molecular formula is C17H24N2S. The smallest absolute Gasteiger partial charge is 0.109 e. The number of nitrogens with one attached hydrogen (secondary N) is 1. The van der Waals surface area contributed by atoms with Gasteiger partial charge in [-0.25, -0.2) is 4.98 Å². The molecule has 0 saturated heterocycles. The Hall–Kier alpha value is -1.19. The van der Waals surface area contributed by atoms with Crippen LogP contribution >= 0.6 is 11.3 Å². The first kappa shape index (κ1) is 15.2. The van der Waals surface area contributed by atoms with Gasteiger partial charge in [-0.1, -0.05) is 44.2 Å². The monoisotopic (exact) mass is 288 g/mol. The predicted octanol–water partition coefficient (Wildman–Crippen LogP) is 4.54. The number of nitrogens with zero attached hydrogens (tertiary/aromatic N) is 1. The van der Waals surface area contributed by atoms with Crippen molar-refractivity contribution in [3.8, 4) is 0 Å². The Balaban J connectivity index is 1.99. The van der Waals surface area contributed by atoms with Crippen LogP contribution in [-0.4, -0.2) is 11.5 Å². The van der Waals surface area contributed by atoms with E-state index in [1.807, 2.05) is 6.20 Å². The van der Waals surface area contributed by atoms with Crippen molar-refractivity contribution in [2.24, 2.45) is 5.92 Å². The second-order valence-electron chi connectivity index (χ2n) is 5.70. The predicted molar refractivity (Wildman–Crippen MR) is 87.3 cm³/mol. The van der Waals surface area contributed by atoms with Crippen LogP contribution in [0.3, 0.4) is 0 Å². The Morgan fingerprint density at radius 2 is 1.85 bits per heavy atom. The molecule has 0 bridgehead atoms. The van der Waals surface area contributed by atoms with E-state index in [4.69, 9.17) is 0 Å². The highest BCUT2D eigenvalue weighted by Crippen LogP contribution is 2.25. The molecule has 3 heteroatoms. The molecule has 2 nitrogen and oxygen atoms in total. The van der Waals surface area contributed by atoms with Crippen LogP contribution in [0.2, 0.25) is 0 Å². The second-order valence-corrected chi connectivity index (χ2v) is 6.97. The number of rotatable bonds is 6. The molecule has 1 aromatic carbocycles. The fourth-order valence-corrected chi connectivity index (χ4v) is 3.20. The average molecular weight is 288 g/mol. The lowest BCUT2D eigenvalue weighted by molar-refractivity contribution is 0.436. The quantitative estimate of drug-likeness (QED) is 0.844. The fraction of sp³-hybridized carbons (Fsp3) is 0.471. The SMILES string of the molecule is Cc1cnc(C(C)NCC(c2ccccc2)C(C)C)s1. The Bertz CT molecular complexity index is 519. The molecule has 2 rings (SSSR count). The van der Waals surface area contributed by atoms with E-state index in [9.17, 15) is 0 Å². The molecular weight excluding hydrogens is 264 g/mol. The maximum Gasteiger partial charge on any atom is 0.109 e. The van der Waals surface area contributed by atoms with Gasteiger partial charge in [-0.3, -0.25) is 0 Å². The van der Waals surface area contributed by atoms with Gasteiger partial charge in [0, 0.05) is 17.6 Å². The summed E-state index contributed by atoms with van der Waals surface area (Å²) >= 11 is 1.78. The molecule has 0 radical (unpaired) electrons. The summed E-state index contributed by atoms with van der Waals surface area (Å²) in [4.78, 5) is 5.74. The maximum absolute atomic E-state index is 4.47. The zero-order valence-electron chi connectivity index (χ0n) is 12.8. The van der Waals surface area contributed by atoms with Gasteiger partial charge in [0.25, 0.3) is 0 Å². The molecule has 0 fully saturated rings. The van der Waals surface area contributed by atoms with E-state index in [1.54, 1.807) is 11.3 Å². The van der Waals surface area contributed by atoms with Gasteiger partial charge in [-0.05, 0) is 31.2 Å². The first-order valence-corrected chi connectivity index (χ1v) is 8.10. The van der Waals surface area contributed by atoms with Crippen LogP contribution in [-0.2, 0) is 0 Å². The molecule has 0 spiro atoms. The maximum atomic E-state index is 4.47. The van der Waals surface area contributed by atoms with Crippen LogP contribution < -0.4 is 5.32 Å². The van der Waals surface area contributed by atoms with Crippen molar-refractivity contribution in [3.63, 3.8) is 0 Å². The standard InChI is InChI=1S/C17H24N2S/c1-12(2)16(15-8-6-5-7-9-15)11-18-14(4)17-19-10-13(3)20-17/h5-10,12,14,16,18H,11H2,1-4H3. The highest BCUT2D eigenvalue weighted by molar-refractivity contribution is 7.11. The normalized spacial score (nSPS) is 14.4. The highest BCUT2D eigenvalue weighted by atomic mass is 32.1. The zero-order valence-corrected chi connectivity index (χ0v) is 13.6. The van der Waals surface area contributed by atoms with Gasteiger partial charge >= 0.3 is 0 Å². The van der Waals surface area contributed by atoms with E-state index >= 15 is 0 Å². The van der Waals surface area contributed by atoms with E-state index in [2.05, 4.69) is 68.3 Å². The molecule has 1 heterocycles. The molecule has 20 heavy (non-hydrogen) atoms. The van der Waals surface area contributed by atoms with Gasteiger partial charge < -0.3 is 5.32 Å². The molecule has 2 atom stereocenters. The average Bonchev–Trinajstić information content (AvgIpc) is 2.86. The summed E-state index contributed by atoms with van der Waals surface area (Å²) in [6.07, 6.45) is 1.95. The summed E-state index contributed by atoms with van der Waals surface area (Å²) in [7, 11) is 0. The van der Waals surface area contributed by atoms with Crippen LogP contribution in [0.1, 0.15) is 48.2 Å². The largest absolute Gasteiger partial charge is 0.308 e. The van der Waals surface area contributed by atoms with E-state index in [1.165, 1.54) is 15.4 Å². The summed E-state index contributed by atoms with van der Waals surface area (Å²) in [5.74, 6) is 1.16. The molecule has 0 aliphatic rings. The minimum absolute atomic E-state index is 0.318. The minimum atomic E-state index is 0.318. The van der Waals surface area contributed by atoms with E-state index in [-0.39, 0.29) is 0 Å². The van der Waals surface area contributed by atoms with Crippen molar-refractivity contribution >= 4 is 11.3 Å². The lowest BCUT2D eigenvalue weighted by atomic mass is 9.88. The third-order valence-corrected chi connectivity index (χ3v) is 4.78. The molecule has 108 valence electrons. The summed E-state index contributed by atoms with van der Waals surface area (Å²) in [6, 6.07) is 11.1. The van der Waals surface area contributed by atoms with Gasteiger partial charge in [0.1, 0.15) is 5.01 Å². The minimum Gasteiger partial charge on any atom is -0.308 e. The number of hydrogen-bond acceptors (Lipinski definition) is 3. The van der Waals surface area contributed by atoms with E-state index < -0.39 is 0 Å². The molecule has 0 amide bonds. The van der Waals surface area contributed by atoms with Crippen LogP contribution in [0.5, 0.6) is 0 Å². The summed E-state index contributed by atoms with van der Waals surface area (Å²) < 4.78 is 0. The molecule has 1 N–H and O–H groups in total. The van der Waals surface area contributed by atoms with Crippen molar-refractivity contribution in [1.29, 1.82) is 0 Å². The Labute approximate surface area is 126 Å². The van der Waals surface area contributed by atoms with Gasteiger partial charge in [0.05, 0.1) is 6.04 Å². The molecule has 2 unspecified atom stereocenters. The van der Waals surface area contributed by atoms with Crippen molar-refractivity contribution < 1.29 is 0 Å². The molecule has 2 aromatic rings. The zero-order chi connectivity index (χ0) is 14.5. The van der Waals surface area contributed by atoms with E-state index in [0.29, 0.717) is 17.9 Å². The lowest BCUT2D eigenvalue weighted by Crippen LogP contribution is -2.27. The summed E-state index contributed by atoms with van der Waals surface area (Å²) in [5, 5.41) is 4.82. The molecule has 1 aromatic heterocycles. The third kappa shape index (κ3) is 3.90. The van der Waals surface area contributed by atoms with Crippen LogP contribution in [0.25, 0.3) is 0 Å². The van der Waals surface area contributed by atoms with Gasteiger partial charge in [0.2, 0.25) is 0 Å². The fourth-order valence-electron chi connectivity index (χ4n) is 2.40. The van der Waals surface area contributed by atoms with Crippen LogP contribution in [0.4, 0.5) is 0 Å². The topological polar surface area (TPSA) is 24.9 Å². The lowest BCUT2D eigenvalue weighted by Gasteiger charge is -2.23. The van der Waals surface area contributed by atoms with E-state index in [0.717, 1.165) is 6.54 Å². The van der Waals surface area contributed by atoms with Crippen molar-refractivity contribution in [2.45, 2.75) is 39.7 Å². The summed E-state index contributed by atoms with van der Waals surface area (Å²) in [6.45, 7) is 9.87. The van der Waals surface area contributed by atoms with Gasteiger partial charge in [-0.2, -0.15) is 0 Å². The summed E-state index contributed by atoms with van der Waals surface area (Å²) in [5.41, 5.74) is 1.41. The number of benzene rings is 1. The first-order chi connectivity index (χ1) is 9.58. The number of hydrogen-bond donors (Lipinski definition) is 1. The van der Waals surface area contributed by atoms with Gasteiger partial charge in [0.15, 0.2) is 0 Å². The Morgan fingerprint density at radius 1 is 1.15 bits per heavy atom. The number of thiazole rings is 1. The van der Waals surface area contributed by atoms with Gasteiger partial charge in [-0.15, -0.1) is 11.3 Å². The molecule has 0 aliphatic heterocycles. The van der Waals surface area contributed by atoms with Crippen LogP contribution in [0, 0.1) is 12.8 Å². The number of aryl methyl sites for hydroxylation is 1. The van der Waals surface area contributed by atoms with Crippen molar-refractivity contribution in [2.75, 3.05) is 6.54 Å². The highest BCUT2D eigenvalue weighted by Gasteiger charge is 2.17. The second kappa shape index (κ2) is 7.00. The van der Waals surface area contributed by atoms with Crippen molar-refractivity contribution in [1.82, 2.24) is 10.3 Å². The van der Waals surface area contributed by atoms with Crippen molar-refractivity contribution in [3.05, 3.63) is 52.0 Å². The third-order valence-electron chi connectivity index (χ3n) is 3.69.